The van der Waals surface area contributed by atoms with Crippen LogP contribution in [0.5, 0.6) is 5.75 Å². The molecule has 1 aliphatic heterocycles. The lowest BCUT2D eigenvalue weighted by atomic mass is 10.2. The Labute approximate surface area is 168 Å². The Hall–Kier alpha value is -2.49. The largest absolute Gasteiger partial charge is 0.497 e. The van der Waals surface area contributed by atoms with Gasteiger partial charge in [-0.15, -0.1) is 10.2 Å². The zero-order chi connectivity index (χ0) is 19.6. The third kappa shape index (κ3) is 3.73. The maximum atomic E-state index is 12.9. The minimum absolute atomic E-state index is 0.282. The van der Waals surface area contributed by atoms with Gasteiger partial charge in [-0.25, -0.2) is 8.42 Å². The average Bonchev–Trinajstić information content (AvgIpc) is 3.25. The number of benzene rings is 2. The van der Waals surface area contributed by atoms with Crippen LogP contribution in [0.3, 0.4) is 0 Å². The van der Waals surface area contributed by atoms with Gasteiger partial charge in [-0.1, -0.05) is 41.7 Å². The maximum absolute atomic E-state index is 12.9. The van der Waals surface area contributed by atoms with Gasteiger partial charge in [0.1, 0.15) is 10.8 Å². The first-order valence-electron chi connectivity index (χ1n) is 8.86. The number of rotatable bonds is 5. The second kappa shape index (κ2) is 7.86. The highest BCUT2D eigenvalue weighted by Crippen LogP contribution is 2.29. The molecule has 3 aromatic rings. The molecule has 0 unspecified atom stereocenters. The van der Waals surface area contributed by atoms with Gasteiger partial charge in [0.2, 0.25) is 15.2 Å². The van der Waals surface area contributed by atoms with E-state index in [9.17, 15) is 8.42 Å². The van der Waals surface area contributed by atoms with E-state index in [1.807, 2.05) is 30.3 Å². The van der Waals surface area contributed by atoms with E-state index in [0.717, 1.165) is 15.7 Å². The molecule has 0 amide bonds. The lowest BCUT2D eigenvalue weighted by Gasteiger charge is -2.33. The predicted octanol–water partition coefficient (Wildman–Crippen LogP) is 2.72. The van der Waals surface area contributed by atoms with Gasteiger partial charge in [0.25, 0.3) is 0 Å². The van der Waals surface area contributed by atoms with Crippen molar-refractivity contribution in [2.24, 2.45) is 0 Å². The molecule has 1 aliphatic rings. The molecule has 1 fully saturated rings. The molecule has 2 heterocycles. The van der Waals surface area contributed by atoms with E-state index in [0.29, 0.717) is 31.9 Å². The van der Waals surface area contributed by atoms with Crippen molar-refractivity contribution < 1.29 is 13.2 Å². The van der Waals surface area contributed by atoms with Crippen LogP contribution < -0.4 is 9.64 Å². The van der Waals surface area contributed by atoms with Crippen molar-refractivity contribution in [2.45, 2.75) is 4.90 Å². The zero-order valence-corrected chi connectivity index (χ0v) is 17.0. The highest BCUT2D eigenvalue weighted by atomic mass is 32.2. The first-order chi connectivity index (χ1) is 13.6. The zero-order valence-electron chi connectivity index (χ0n) is 15.4. The molecule has 0 N–H and O–H groups in total. The van der Waals surface area contributed by atoms with E-state index < -0.39 is 10.0 Å². The monoisotopic (exact) mass is 416 g/mol. The number of methoxy groups -OCH3 is 1. The van der Waals surface area contributed by atoms with E-state index in [4.69, 9.17) is 4.74 Å². The van der Waals surface area contributed by atoms with Crippen LogP contribution in [0, 0.1) is 0 Å². The van der Waals surface area contributed by atoms with Gasteiger partial charge in [-0.2, -0.15) is 4.31 Å². The summed E-state index contributed by atoms with van der Waals surface area (Å²) in [6.07, 6.45) is 0. The summed E-state index contributed by atoms with van der Waals surface area (Å²) in [6, 6.07) is 16.4. The van der Waals surface area contributed by atoms with Crippen LogP contribution in [-0.2, 0) is 10.0 Å². The summed E-state index contributed by atoms with van der Waals surface area (Å²) in [5.41, 5.74) is 1.03. The Morgan fingerprint density at radius 2 is 1.61 bits per heavy atom. The van der Waals surface area contributed by atoms with Gasteiger partial charge in [-0.05, 0) is 24.3 Å². The van der Waals surface area contributed by atoms with E-state index in [2.05, 4.69) is 15.1 Å². The molecule has 1 aromatic heterocycles. The minimum atomic E-state index is -3.51. The van der Waals surface area contributed by atoms with E-state index in [1.165, 1.54) is 15.6 Å². The van der Waals surface area contributed by atoms with Crippen molar-refractivity contribution in [3.05, 3.63) is 54.6 Å². The minimum Gasteiger partial charge on any atom is -0.497 e. The quantitative estimate of drug-likeness (QED) is 0.637. The summed E-state index contributed by atoms with van der Waals surface area (Å²) in [7, 11) is -1.96. The van der Waals surface area contributed by atoms with Crippen molar-refractivity contribution in [3.8, 4) is 16.3 Å². The standard InChI is InChI=1S/C19H20N4O3S2/c1-26-16-7-9-17(10-8-16)28(24,25)23-13-11-22(12-14-23)19-21-20-18(27-19)15-5-3-2-4-6-15/h2-10H,11-14H2,1H3. The molecular weight excluding hydrogens is 396 g/mol. The van der Waals surface area contributed by atoms with Crippen LogP contribution in [0.4, 0.5) is 5.13 Å². The van der Waals surface area contributed by atoms with Crippen molar-refractivity contribution in [2.75, 3.05) is 38.2 Å². The van der Waals surface area contributed by atoms with Gasteiger partial charge < -0.3 is 9.64 Å². The van der Waals surface area contributed by atoms with Crippen molar-refractivity contribution in [3.63, 3.8) is 0 Å². The normalized spacial score (nSPS) is 15.5. The van der Waals surface area contributed by atoms with Crippen LogP contribution in [0.1, 0.15) is 0 Å². The molecule has 2 aromatic carbocycles. The second-order valence-corrected chi connectivity index (χ2v) is 9.22. The van der Waals surface area contributed by atoms with Crippen LogP contribution in [0.15, 0.2) is 59.5 Å². The molecule has 28 heavy (non-hydrogen) atoms. The van der Waals surface area contributed by atoms with E-state index in [-0.39, 0.29) is 4.90 Å². The number of sulfonamides is 1. The first-order valence-corrected chi connectivity index (χ1v) is 11.1. The fourth-order valence-electron chi connectivity index (χ4n) is 3.06. The number of hydrogen-bond acceptors (Lipinski definition) is 7. The van der Waals surface area contributed by atoms with Gasteiger partial charge in [0, 0.05) is 31.7 Å². The van der Waals surface area contributed by atoms with Gasteiger partial charge in [0.05, 0.1) is 12.0 Å². The number of hydrogen-bond donors (Lipinski definition) is 0. The molecule has 146 valence electrons. The number of aromatic nitrogens is 2. The molecule has 0 saturated carbocycles. The lowest BCUT2D eigenvalue weighted by molar-refractivity contribution is 0.384. The summed E-state index contributed by atoms with van der Waals surface area (Å²) >= 11 is 1.52. The molecule has 9 heteroatoms. The van der Waals surface area contributed by atoms with Crippen molar-refractivity contribution >= 4 is 26.5 Å². The smallest absolute Gasteiger partial charge is 0.243 e. The Morgan fingerprint density at radius 3 is 2.25 bits per heavy atom. The van der Waals surface area contributed by atoms with E-state index >= 15 is 0 Å². The number of piperazine rings is 1. The topological polar surface area (TPSA) is 75.6 Å². The first kappa shape index (κ1) is 18.9. The van der Waals surface area contributed by atoms with Crippen LogP contribution >= 0.6 is 11.3 Å². The van der Waals surface area contributed by atoms with Gasteiger partial charge in [0.15, 0.2) is 0 Å². The number of anilines is 1. The lowest BCUT2D eigenvalue weighted by Crippen LogP contribution is -2.48. The Morgan fingerprint density at radius 1 is 0.929 bits per heavy atom. The summed E-state index contributed by atoms with van der Waals surface area (Å²) in [6.45, 7) is 1.99. The molecule has 0 radical (unpaired) electrons. The average molecular weight is 417 g/mol. The molecule has 0 bridgehead atoms. The highest BCUT2D eigenvalue weighted by Gasteiger charge is 2.29. The summed E-state index contributed by atoms with van der Waals surface area (Å²) in [5.74, 6) is 0.634. The SMILES string of the molecule is COc1ccc(S(=O)(=O)N2CCN(c3nnc(-c4ccccc4)s3)CC2)cc1. The van der Waals surface area contributed by atoms with Gasteiger partial charge >= 0.3 is 0 Å². The third-order valence-corrected chi connectivity index (χ3v) is 7.59. The van der Waals surface area contributed by atoms with Gasteiger partial charge in [-0.3, -0.25) is 0 Å². The molecule has 1 saturated heterocycles. The Balaban J connectivity index is 1.44. The van der Waals surface area contributed by atoms with Crippen LogP contribution in [0.25, 0.3) is 10.6 Å². The molecule has 0 aliphatic carbocycles. The molecule has 0 atom stereocenters. The molecular formula is C19H20N4O3S2. The highest BCUT2D eigenvalue weighted by molar-refractivity contribution is 7.89. The Bertz CT molecular complexity index is 1030. The molecule has 0 spiro atoms. The fraction of sp³-hybridized carbons (Fsp3) is 0.263. The Kier molecular flexibility index (Phi) is 5.29. The van der Waals surface area contributed by atoms with Crippen LogP contribution in [0.2, 0.25) is 0 Å². The second-order valence-electron chi connectivity index (χ2n) is 6.32. The summed E-state index contributed by atoms with van der Waals surface area (Å²) in [5, 5.41) is 10.3. The maximum Gasteiger partial charge on any atom is 0.243 e. The molecule has 4 rings (SSSR count). The van der Waals surface area contributed by atoms with Crippen LogP contribution in [-0.4, -0.2) is 56.2 Å². The summed E-state index contributed by atoms with van der Waals surface area (Å²) in [4.78, 5) is 2.37. The van der Waals surface area contributed by atoms with Crippen molar-refractivity contribution in [1.82, 2.24) is 14.5 Å². The number of ether oxygens (including phenoxy) is 1. The predicted molar refractivity (Wildman–Crippen MR) is 109 cm³/mol. The summed E-state index contributed by atoms with van der Waals surface area (Å²) < 4.78 is 32.3. The van der Waals surface area contributed by atoms with Crippen molar-refractivity contribution in [1.29, 1.82) is 0 Å². The van der Waals surface area contributed by atoms with E-state index in [1.54, 1.807) is 31.4 Å². The fourth-order valence-corrected chi connectivity index (χ4v) is 5.38. The molecule has 7 nitrogen and oxygen atoms in total. The number of nitrogens with zero attached hydrogens (tertiary/aromatic N) is 4. The third-order valence-electron chi connectivity index (χ3n) is 4.64.